The maximum absolute atomic E-state index is 13.2. The van der Waals surface area contributed by atoms with Gasteiger partial charge < -0.3 is 0 Å². The fraction of sp³-hybridized carbons (Fsp3) is 0.0625. The van der Waals surface area contributed by atoms with Gasteiger partial charge in [0.15, 0.2) is 0 Å². The highest BCUT2D eigenvalue weighted by atomic mass is 32.2. The number of rotatable bonds is 6. The lowest BCUT2D eigenvalue weighted by molar-refractivity contribution is 0.104. The van der Waals surface area contributed by atoms with Gasteiger partial charge in [-0.1, -0.05) is 6.07 Å². The lowest BCUT2D eigenvalue weighted by Crippen LogP contribution is -2.23. The minimum Gasteiger partial charge on any atom is -0.287 e. The quantitative estimate of drug-likeness (QED) is 0.642. The lowest BCUT2D eigenvalue weighted by Gasteiger charge is -2.06. The fourth-order valence-electron chi connectivity index (χ4n) is 2.06. The molecule has 0 saturated carbocycles. The number of thiophene rings is 2. The summed E-state index contributed by atoms with van der Waals surface area (Å²) >= 11 is 2.49. The van der Waals surface area contributed by atoms with Crippen LogP contribution in [0.4, 0.5) is 8.78 Å². The number of carbonyl (C=O) groups is 1. The number of sulfonamides is 1. The third-order valence-corrected chi connectivity index (χ3v) is 6.55. The van der Waals surface area contributed by atoms with Gasteiger partial charge in [0.2, 0.25) is 15.8 Å². The van der Waals surface area contributed by atoms with E-state index < -0.39 is 26.6 Å². The summed E-state index contributed by atoms with van der Waals surface area (Å²) in [6.45, 7) is -0.0805. The van der Waals surface area contributed by atoms with E-state index in [2.05, 4.69) is 4.72 Å². The van der Waals surface area contributed by atoms with Crippen molar-refractivity contribution in [1.29, 1.82) is 0 Å². The van der Waals surface area contributed by atoms with Gasteiger partial charge in [-0.05, 0) is 35.7 Å². The first-order chi connectivity index (χ1) is 11.8. The topological polar surface area (TPSA) is 63.2 Å². The third-order valence-electron chi connectivity index (χ3n) is 3.21. The second kappa shape index (κ2) is 7.12. The molecule has 2 heterocycles. The molecule has 4 nitrogen and oxygen atoms in total. The molecule has 0 fully saturated rings. The van der Waals surface area contributed by atoms with Gasteiger partial charge in [-0.15, -0.1) is 22.7 Å². The molecule has 0 radical (unpaired) electrons. The maximum atomic E-state index is 13.2. The zero-order chi connectivity index (χ0) is 18.0. The molecular weight excluding hydrogens is 388 g/mol. The summed E-state index contributed by atoms with van der Waals surface area (Å²) in [6.07, 6.45) is 0. The Balaban J connectivity index is 1.72. The minimum atomic E-state index is -4.06. The number of nitrogens with one attached hydrogen (secondary N) is 1. The van der Waals surface area contributed by atoms with Crippen molar-refractivity contribution in [2.75, 3.05) is 0 Å². The summed E-state index contributed by atoms with van der Waals surface area (Å²) < 4.78 is 52.9. The zero-order valence-electron chi connectivity index (χ0n) is 12.5. The normalized spacial score (nSPS) is 11.6. The highest BCUT2D eigenvalue weighted by Gasteiger charge is 2.18. The van der Waals surface area contributed by atoms with E-state index in [1.807, 2.05) is 0 Å². The first-order valence-corrected chi connectivity index (χ1v) is 10.2. The molecule has 2 aromatic heterocycles. The van der Waals surface area contributed by atoms with Crippen molar-refractivity contribution in [2.45, 2.75) is 11.4 Å². The molecule has 0 unspecified atom stereocenters. The molecule has 0 amide bonds. The van der Waals surface area contributed by atoms with Gasteiger partial charge in [-0.3, -0.25) is 4.79 Å². The van der Waals surface area contributed by atoms with Crippen LogP contribution in [0, 0.1) is 11.6 Å². The number of carbonyl (C=O) groups excluding carboxylic acids is 1. The van der Waals surface area contributed by atoms with Crippen LogP contribution in [0.1, 0.15) is 19.4 Å². The van der Waals surface area contributed by atoms with Crippen LogP contribution >= 0.6 is 22.7 Å². The molecule has 0 atom stereocenters. The average Bonchev–Trinajstić information content (AvgIpc) is 3.23. The maximum Gasteiger partial charge on any atom is 0.241 e. The molecule has 3 rings (SSSR count). The summed E-state index contributed by atoms with van der Waals surface area (Å²) in [6, 6.07) is 8.84. The first-order valence-electron chi connectivity index (χ1n) is 6.98. The minimum absolute atomic E-state index is 0.0805. The third kappa shape index (κ3) is 4.18. The van der Waals surface area contributed by atoms with E-state index >= 15 is 0 Å². The molecule has 1 aromatic carbocycles. The van der Waals surface area contributed by atoms with Crippen molar-refractivity contribution in [1.82, 2.24) is 4.72 Å². The molecule has 3 aromatic rings. The van der Waals surface area contributed by atoms with Crippen molar-refractivity contribution in [3.63, 3.8) is 0 Å². The van der Waals surface area contributed by atoms with E-state index in [0.717, 1.165) is 23.5 Å². The number of hydrogen-bond donors (Lipinski definition) is 1. The van der Waals surface area contributed by atoms with Crippen molar-refractivity contribution in [2.24, 2.45) is 0 Å². The summed E-state index contributed by atoms with van der Waals surface area (Å²) in [5.74, 6) is -2.07. The Kier molecular flexibility index (Phi) is 5.09. The molecular formula is C16H11F2NO3S3. The number of hydrogen-bond acceptors (Lipinski definition) is 5. The summed E-state index contributed by atoms with van der Waals surface area (Å²) in [4.78, 5) is 13.4. The van der Waals surface area contributed by atoms with Gasteiger partial charge in [0, 0.05) is 17.5 Å². The molecule has 0 aliphatic carbocycles. The first kappa shape index (κ1) is 17.9. The number of ketones is 1. The van der Waals surface area contributed by atoms with Gasteiger partial charge >= 0.3 is 0 Å². The predicted octanol–water partition coefficient (Wildman–Crippen LogP) is 3.80. The van der Waals surface area contributed by atoms with E-state index in [1.54, 1.807) is 29.6 Å². The van der Waals surface area contributed by atoms with E-state index in [-0.39, 0.29) is 12.3 Å². The van der Waals surface area contributed by atoms with Gasteiger partial charge in [0.05, 0.1) is 14.6 Å². The van der Waals surface area contributed by atoms with E-state index in [1.165, 1.54) is 11.3 Å². The Labute approximate surface area is 150 Å². The van der Waals surface area contributed by atoms with E-state index in [9.17, 15) is 22.0 Å². The van der Waals surface area contributed by atoms with Crippen LogP contribution in [0.15, 0.2) is 52.7 Å². The Morgan fingerprint density at radius 3 is 2.40 bits per heavy atom. The average molecular weight is 399 g/mol. The molecule has 25 heavy (non-hydrogen) atoms. The van der Waals surface area contributed by atoms with Gasteiger partial charge in [0.1, 0.15) is 11.6 Å². The highest BCUT2D eigenvalue weighted by Crippen LogP contribution is 2.23. The standard InChI is InChI=1S/C16H11F2NO3S3/c17-10-6-11(18)8-13(7-10)25(21,22)19-9-12-3-4-15(24-12)16(20)14-2-1-5-23-14/h1-8,19H,9H2. The largest absolute Gasteiger partial charge is 0.287 e. The Bertz CT molecular complexity index is 991. The fourth-order valence-corrected chi connectivity index (χ4v) is 4.84. The molecule has 0 aliphatic heterocycles. The predicted molar refractivity (Wildman–Crippen MR) is 92.5 cm³/mol. The van der Waals surface area contributed by atoms with Crippen molar-refractivity contribution in [3.05, 3.63) is 74.1 Å². The second-order valence-corrected chi connectivity index (χ2v) is 8.89. The van der Waals surface area contributed by atoms with Crippen molar-refractivity contribution in [3.8, 4) is 0 Å². The molecule has 1 N–H and O–H groups in total. The van der Waals surface area contributed by atoms with Crippen LogP contribution in [0.5, 0.6) is 0 Å². The van der Waals surface area contributed by atoms with Crippen molar-refractivity contribution >= 4 is 38.5 Å². The smallest absolute Gasteiger partial charge is 0.241 e. The van der Waals surface area contributed by atoms with Gasteiger partial charge in [0.25, 0.3) is 0 Å². The van der Waals surface area contributed by atoms with Crippen LogP contribution in [0.2, 0.25) is 0 Å². The Morgan fingerprint density at radius 2 is 1.76 bits per heavy atom. The molecule has 0 bridgehead atoms. The van der Waals surface area contributed by atoms with Crippen LogP contribution in [-0.4, -0.2) is 14.2 Å². The molecule has 9 heteroatoms. The van der Waals surface area contributed by atoms with Crippen molar-refractivity contribution < 1.29 is 22.0 Å². The van der Waals surface area contributed by atoms with E-state index in [0.29, 0.717) is 20.7 Å². The van der Waals surface area contributed by atoms with Crippen LogP contribution in [0.25, 0.3) is 0 Å². The van der Waals surface area contributed by atoms with Crippen LogP contribution in [-0.2, 0) is 16.6 Å². The second-order valence-electron chi connectivity index (χ2n) is 5.00. The zero-order valence-corrected chi connectivity index (χ0v) is 15.0. The molecule has 0 aliphatic rings. The van der Waals surface area contributed by atoms with Gasteiger partial charge in [-0.25, -0.2) is 21.9 Å². The highest BCUT2D eigenvalue weighted by molar-refractivity contribution is 7.89. The summed E-state index contributed by atoms with van der Waals surface area (Å²) in [5, 5.41) is 1.80. The summed E-state index contributed by atoms with van der Waals surface area (Å²) in [5.41, 5.74) is 0. The van der Waals surface area contributed by atoms with Crippen LogP contribution < -0.4 is 4.72 Å². The van der Waals surface area contributed by atoms with Crippen LogP contribution in [0.3, 0.4) is 0 Å². The molecule has 130 valence electrons. The number of benzene rings is 1. The molecule has 0 saturated heterocycles. The summed E-state index contributed by atoms with van der Waals surface area (Å²) in [7, 11) is -4.06. The lowest BCUT2D eigenvalue weighted by atomic mass is 10.3. The van der Waals surface area contributed by atoms with Gasteiger partial charge in [-0.2, -0.15) is 0 Å². The SMILES string of the molecule is O=C(c1cccs1)c1ccc(CNS(=O)(=O)c2cc(F)cc(F)c2)s1. The number of halogens is 2. The Morgan fingerprint density at radius 1 is 1.04 bits per heavy atom. The monoisotopic (exact) mass is 399 g/mol. The molecule has 0 spiro atoms. The van der Waals surface area contributed by atoms with E-state index in [4.69, 9.17) is 0 Å². The Hall–Kier alpha value is -1.94.